The van der Waals surface area contributed by atoms with E-state index in [9.17, 15) is 51.1 Å². The van der Waals surface area contributed by atoms with Gasteiger partial charge in [-0.3, -0.25) is 29.8 Å². The van der Waals surface area contributed by atoms with Gasteiger partial charge in [0.05, 0.1) is 35.2 Å². The topological polar surface area (TPSA) is 266 Å². The molecule has 6 aromatic rings. The highest BCUT2D eigenvalue weighted by molar-refractivity contribution is 7.59. The number of carbonyl (C=O) groups is 7. The molecule has 2 atom stereocenters. The van der Waals surface area contributed by atoms with Crippen molar-refractivity contribution >= 4 is 125 Å². The summed E-state index contributed by atoms with van der Waals surface area (Å²) in [4.78, 5) is 97.7. The first-order chi connectivity index (χ1) is 40.4. The summed E-state index contributed by atoms with van der Waals surface area (Å²) in [6.45, 7) is 4.92. The SMILES string of the molecule is CN(C(=O)CCc1cccc(F)c1Cl)[C@@H](CCCNC(=O)CN)COC(=O)Nc1cc2cc(F)ccc2cn1.CN(C(=O)CCc1cccc(F)c1Cl)[C@@H](CCCNC(=O)CNC(=O)OC(C)(C)C)COC(=O)Nc1cc2cc(F)ccc2cn1.S.S. The van der Waals surface area contributed by atoms with E-state index in [1.165, 1.54) is 82.9 Å². The number of aromatic nitrogens is 2. The second-order valence-corrected chi connectivity index (χ2v) is 21.1. The number of benzene rings is 4. The van der Waals surface area contributed by atoms with E-state index >= 15 is 0 Å². The van der Waals surface area contributed by atoms with Gasteiger partial charge in [-0.25, -0.2) is 41.9 Å². The molecule has 472 valence electrons. The molecule has 0 aliphatic rings. The number of nitrogens with one attached hydrogen (secondary N) is 5. The zero-order valence-electron chi connectivity index (χ0n) is 48.5. The van der Waals surface area contributed by atoms with Gasteiger partial charge in [0.1, 0.15) is 53.7 Å². The molecule has 0 spiro atoms. The fraction of sp³-hybridized carbons (Fsp3) is 0.373. The highest BCUT2D eigenvalue weighted by Crippen LogP contribution is 2.25. The molecule has 2 aromatic heterocycles. The number of hydrogen-bond acceptors (Lipinski definition) is 13. The maximum Gasteiger partial charge on any atom is 0.412 e. The molecule has 0 unspecified atom stereocenters. The van der Waals surface area contributed by atoms with E-state index in [0.717, 1.165) is 0 Å². The predicted molar refractivity (Wildman–Crippen MR) is 334 cm³/mol. The Morgan fingerprint density at radius 1 is 0.586 bits per heavy atom. The summed E-state index contributed by atoms with van der Waals surface area (Å²) in [6, 6.07) is 19.1. The Morgan fingerprint density at radius 2 is 1.01 bits per heavy atom. The summed E-state index contributed by atoms with van der Waals surface area (Å²) in [7, 11) is 3.14. The third-order valence-corrected chi connectivity index (χ3v) is 13.7. The second kappa shape index (κ2) is 36.5. The number of amides is 7. The average molecular weight is 1290 g/mol. The summed E-state index contributed by atoms with van der Waals surface area (Å²) in [6.07, 6.45) is 2.79. The Balaban J connectivity index is 0.000000451. The van der Waals surface area contributed by atoms with Crippen molar-refractivity contribution in [2.45, 2.75) is 89.8 Å². The molecule has 6 rings (SSSR count). The zero-order valence-corrected chi connectivity index (χ0v) is 52.0. The smallest absolute Gasteiger partial charge is 0.412 e. The summed E-state index contributed by atoms with van der Waals surface area (Å²) in [5, 5.41) is 15.1. The van der Waals surface area contributed by atoms with Crippen LogP contribution in [-0.2, 0) is 46.2 Å². The van der Waals surface area contributed by atoms with E-state index in [0.29, 0.717) is 64.9 Å². The molecule has 0 aliphatic carbocycles. The third-order valence-electron chi connectivity index (χ3n) is 12.9. The van der Waals surface area contributed by atoms with E-state index in [4.69, 9.17) is 43.1 Å². The Hall–Kier alpha value is -7.65. The van der Waals surface area contributed by atoms with Crippen LogP contribution in [0, 0.1) is 23.3 Å². The van der Waals surface area contributed by atoms with E-state index in [1.807, 2.05) is 0 Å². The molecule has 7 N–H and O–H groups in total. The normalized spacial score (nSPS) is 11.4. The van der Waals surface area contributed by atoms with E-state index in [2.05, 4.69) is 36.6 Å². The van der Waals surface area contributed by atoms with Gasteiger partial charge in [0.2, 0.25) is 23.6 Å². The lowest BCUT2D eigenvalue weighted by atomic mass is 10.1. The van der Waals surface area contributed by atoms with Crippen LogP contribution in [0.3, 0.4) is 0 Å². The van der Waals surface area contributed by atoms with Crippen molar-refractivity contribution in [3.8, 4) is 0 Å². The summed E-state index contributed by atoms with van der Waals surface area (Å²) in [5.74, 6) is -2.94. The molecular weight excluding hydrogens is 1220 g/mol. The molecule has 20 nitrogen and oxygen atoms in total. The number of rotatable bonds is 25. The average Bonchev–Trinajstić information content (AvgIpc) is 2.60. The number of aryl methyl sites for hydroxylation is 2. The number of nitrogens with zero attached hydrogens (tertiary/aromatic N) is 4. The minimum atomic E-state index is -0.831. The van der Waals surface area contributed by atoms with Crippen molar-refractivity contribution in [2.75, 3.05) is 64.1 Å². The van der Waals surface area contributed by atoms with Crippen molar-refractivity contribution in [3.63, 3.8) is 0 Å². The highest BCUT2D eigenvalue weighted by Gasteiger charge is 2.25. The van der Waals surface area contributed by atoms with E-state index < -0.39 is 65.1 Å². The van der Waals surface area contributed by atoms with Crippen LogP contribution in [0.2, 0.25) is 10.0 Å². The van der Waals surface area contributed by atoms with Crippen molar-refractivity contribution in [2.24, 2.45) is 5.73 Å². The van der Waals surface area contributed by atoms with Crippen molar-refractivity contribution in [1.29, 1.82) is 0 Å². The number of carbonyl (C=O) groups excluding carboxylic acids is 7. The first kappa shape index (κ1) is 73.6. The molecule has 0 bridgehead atoms. The van der Waals surface area contributed by atoms with Gasteiger partial charge < -0.3 is 45.7 Å². The van der Waals surface area contributed by atoms with Gasteiger partial charge in [0.25, 0.3) is 0 Å². The van der Waals surface area contributed by atoms with E-state index in [-0.39, 0.29) is 125 Å². The Morgan fingerprint density at radius 3 is 1.43 bits per heavy atom. The van der Waals surface area contributed by atoms with E-state index in [1.54, 1.807) is 59.1 Å². The Kier molecular flexibility index (Phi) is 30.9. The number of hydrogen-bond donors (Lipinski definition) is 6. The largest absolute Gasteiger partial charge is 0.447 e. The molecule has 0 saturated carbocycles. The quantitative estimate of drug-likeness (QED) is 0.0177. The fourth-order valence-electron chi connectivity index (χ4n) is 8.22. The number of halogens is 6. The Bertz CT molecular complexity index is 3320. The van der Waals surface area contributed by atoms with Crippen LogP contribution in [0.5, 0.6) is 0 Å². The molecular formula is C59H72Cl2F4N10O10S2. The second-order valence-electron chi connectivity index (χ2n) is 20.4. The van der Waals surface area contributed by atoms with Gasteiger partial charge in [-0.2, -0.15) is 27.0 Å². The molecule has 0 saturated heterocycles. The number of ether oxygens (including phenoxy) is 3. The van der Waals surface area contributed by atoms with Gasteiger partial charge in [0, 0.05) is 63.2 Å². The standard InChI is InChI=1S/C32H38ClF2N5O6.C27H30ClF2N5O4.2H2S/c1-32(2,3)46-30(43)38-18-27(41)36-14-6-8-24(40(4)28(42)13-11-20-7-5-9-25(35)29(20)33)19-45-31(44)39-26-16-22-15-23(34)12-10-21(22)17-37-26;1-35(25(37)10-8-17-4-2-6-22(30)26(17)28)21(5-3-11-32-24(36)14-31)16-39-27(38)34-23-13-19-12-20(29)9-7-18(19)15-33-23;;/h5,7,9-10,12,15-17,24H,6,8,11,13-14,18-19H2,1-4H3,(H,36,41)(H,38,43)(H,37,39,44);2,4,6-7,9,12-13,15,21H,3,5,8,10-11,14,16,31H2,1H3,(H,32,36)(H,33,34,38);2*1H2/t24-;21-;;/m00../s1. The van der Waals surface area contributed by atoms with Gasteiger partial charge >= 0.3 is 18.3 Å². The van der Waals surface area contributed by atoms with Crippen LogP contribution in [0.4, 0.5) is 43.6 Å². The minimum Gasteiger partial charge on any atom is -0.447 e. The molecule has 2 heterocycles. The third kappa shape index (κ3) is 25.3. The highest BCUT2D eigenvalue weighted by atomic mass is 35.5. The molecule has 4 aromatic carbocycles. The van der Waals surface area contributed by atoms with Gasteiger partial charge in [-0.1, -0.05) is 47.5 Å². The van der Waals surface area contributed by atoms with Crippen LogP contribution < -0.4 is 32.3 Å². The maximum atomic E-state index is 13.8. The number of anilines is 2. The molecule has 28 heteroatoms. The number of fused-ring (bicyclic) bond motifs is 2. The predicted octanol–water partition coefficient (Wildman–Crippen LogP) is 9.85. The molecule has 87 heavy (non-hydrogen) atoms. The van der Waals surface area contributed by atoms with Gasteiger partial charge in [-0.05, 0) is 142 Å². The number of pyridine rings is 2. The number of likely N-dealkylation sites (N-methyl/N-ethyl adjacent to an activating group) is 2. The molecule has 0 radical (unpaired) electrons. The Labute approximate surface area is 525 Å². The van der Waals surface area contributed by atoms with Crippen molar-refractivity contribution in [3.05, 3.63) is 142 Å². The van der Waals surface area contributed by atoms with Gasteiger partial charge in [-0.15, -0.1) is 0 Å². The van der Waals surface area contributed by atoms with Crippen LogP contribution in [0.25, 0.3) is 21.5 Å². The number of nitrogens with two attached hydrogens (primary N) is 1. The first-order valence-electron chi connectivity index (χ1n) is 26.9. The first-order valence-corrected chi connectivity index (χ1v) is 27.7. The lowest BCUT2D eigenvalue weighted by Gasteiger charge is -2.28. The molecule has 0 fully saturated rings. The van der Waals surface area contributed by atoms with Crippen LogP contribution in [0.15, 0.2) is 97.3 Å². The summed E-state index contributed by atoms with van der Waals surface area (Å²) in [5.41, 5.74) is 5.60. The van der Waals surface area contributed by atoms with Crippen molar-refractivity contribution < 1.29 is 65.3 Å². The van der Waals surface area contributed by atoms with Crippen LogP contribution in [0.1, 0.15) is 70.4 Å². The number of alkyl carbamates (subject to hydrolysis) is 1. The van der Waals surface area contributed by atoms with Crippen molar-refractivity contribution in [1.82, 2.24) is 35.7 Å². The van der Waals surface area contributed by atoms with Crippen LogP contribution >= 0.6 is 50.2 Å². The zero-order chi connectivity index (χ0) is 62.2. The summed E-state index contributed by atoms with van der Waals surface area (Å²) >= 11 is 12.0. The monoisotopic (exact) mass is 1290 g/mol. The van der Waals surface area contributed by atoms with Gasteiger partial charge in [0.15, 0.2) is 0 Å². The molecule has 0 aliphatic heterocycles. The van der Waals surface area contributed by atoms with Crippen LogP contribution in [-0.4, -0.2) is 133 Å². The summed E-state index contributed by atoms with van der Waals surface area (Å²) < 4.78 is 70.6. The lowest BCUT2D eigenvalue weighted by molar-refractivity contribution is -0.133. The molecule has 7 amide bonds. The lowest BCUT2D eigenvalue weighted by Crippen LogP contribution is -2.42. The maximum absolute atomic E-state index is 13.8. The fourth-order valence-corrected chi connectivity index (χ4v) is 8.66. The minimum absolute atomic E-state index is 0.